The molecule has 1 aromatic rings. The number of ether oxygens (including phenoxy) is 1. The van der Waals surface area contributed by atoms with Crippen molar-refractivity contribution in [2.24, 2.45) is 5.92 Å². The van der Waals surface area contributed by atoms with Crippen molar-refractivity contribution in [3.05, 3.63) is 23.8 Å². The van der Waals surface area contributed by atoms with Crippen LogP contribution in [0.2, 0.25) is 0 Å². The SMILES string of the molecule is CC(C)CN(C(=O)C[C@@H]1COc2ccc(C(=O)N(C)C)cc2N1C)C1CC1. The van der Waals surface area contributed by atoms with Gasteiger partial charge >= 0.3 is 0 Å². The lowest BCUT2D eigenvalue weighted by Crippen LogP contribution is -2.46. The van der Waals surface area contributed by atoms with Crippen LogP contribution in [0.1, 0.15) is 43.5 Å². The third-order valence-corrected chi connectivity index (χ3v) is 5.25. The van der Waals surface area contributed by atoms with E-state index in [4.69, 9.17) is 4.74 Å². The molecular formula is C21H31N3O3. The molecule has 1 fully saturated rings. The lowest BCUT2D eigenvalue weighted by Gasteiger charge is -2.37. The van der Waals surface area contributed by atoms with Gasteiger partial charge in [-0.25, -0.2) is 0 Å². The predicted octanol–water partition coefficient (Wildman–Crippen LogP) is 2.62. The molecule has 0 radical (unpaired) electrons. The van der Waals surface area contributed by atoms with Gasteiger partial charge in [-0.1, -0.05) is 13.8 Å². The van der Waals surface area contributed by atoms with Gasteiger partial charge in [0.15, 0.2) is 0 Å². The Morgan fingerprint density at radius 3 is 2.56 bits per heavy atom. The summed E-state index contributed by atoms with van der Waals surface area (Å²) in [5.74, 6) is 1.39. The van der Waals surface area contributed by atoms with E-state index < -0.39 is 0 Å². The molecule has 2 aliphatic rings. The normalized spacial score (nSPS) is 18.7. The average Bonchev–Trinajstić information content (AvgIpc) is 3.45. The number of carbonyl (C=O) groups excluding carboxylic acids is 2. The van der Waals surface area contributed by atoms with E-state index in [-0.39, 0.29) is 17.9 Å². The van der Waals surface area contributed by atoms with Gasteiger partial charge in [-0.05, 0) is 37.0 Å². The van der Waals surface area contributed by atoms with E-state index in [1.54, 1.807) is 25.1 Å². The number of hydrogen-bond acceptors (Lipinski definition) is 4. The molecule has 1 heterocycles. The molecule has 1 aliphatic heterocycles. The van der Waals surface area contributed by atoms with Gasteiger partial charge in [0.05, 0.1) is 18.2 Å². The molecular weight excluding hydrogens is 342 g/mol. The average molecular weight is 373 g/mol. The Labute approximate surface area is 162 Å². The van der Waals surface area contributed by atoms with Gasteiger partial charge < -0.3 is 19.4 Å². The number of benzene rings is 1. The van der Waals surface area contributed by atoms with Crippen LogP contribution in [0.25, 0.3) is 0 Å². The molecule has 0 unspecified atom stereocenters. The fraction of sp³-hybridized carbons (Fsp3) is 0.619. The summed E-state index contributed by atoms with van der Waals surface area (Å²) in [5.41, 5.74) is 1.49. The molecule has 6 heteroatoms. The number of carbonyl (C=O) groups is 2. The van der Waals surface area contributed by atoms with Gasteiger partial charge in [0.25, 0.3) is 5.91 Å². The number of hydrogen-bond donors (Lipinski definition) is 0. The lowest BCUT2D eigenvalue weighted by atomic mass is 10.1. The summed E-state index contributed by atoms with van der Waals surface area (Å²) in [6, 6.07) is 5.89. The second kappa shape index (κ2) is 7.79. The van der Waals surface area contributed by atoms with Crippen LogP contribution in [0.5, 0.6) is 5.75 Å². The third-order valence-electron chi connectivity index (χ3n) is 5.25. The predicted molar refractivity (Wildman–Crippen MR) is 106 cm³/mol. The molecule has 0 aromatic heterocycles. The fourth-order valence-corrected chi connectivity index (χ4v) is 3.55. The Morgan fingerprint density at radius 2 is 1.96 bits per heavy atom. The van der Waals surface area contributed by atoms with Crippen molar-refractivity contribution in [3.63, 3.8) is 0 Å². The minimum absolute atomic E-state index is 0.0249. The first kappa shape index (κ1) is 19.5. The first-order valence-corrected chi connectivity index (χ1v) is 9.78. The first-order chi connectivity index (χ1) is 12.8. The Morgan fingerprint density at radius 1 is 1.26 bits per heavy atom. The summed E-state index contributed by atoms with van der Waals surface area (Å²) >= 11 is 0. The summed E-state index contributed by atoms with van der Waals surface area (Å²) in [7, 11) is 5.46. The second-order valence-electron chi connectivity index (χ2n) is 8.33. The van der Waals surface area contributed by atoms with Crippen LogP contribution in [-0.4, -0.2) is 68.0 Å². The van der Waals surface area contributed by atoms with Gasteiger partial charge in [-0.2, -0.15) is 0 Å². The smallest absolute Gasteiger partial charge is 0.253 e. The van der Waals surface area contributed by atoms with E-state index in [1.807, 2.05) is 19.2 Å². The molecule has 27 heavy (non-hydrogen) atoms. The molecule has 3 rings (SSSR count). The lowest BCUT2D eigenvalue weighted by molar-refractivity contribution is -0.132. The van der Waals surface area contributed by atoms with E-state index in [1.165, 1.54) is 0 Å². The summed E-state index contributed by atoms with van der Waals surface area (Å²) in [5, 5.41) is 0. The Balaban J connectivity index is 1.73. The zero-order chi connectivity index (χ0) is 19.7. The van der Waals surface area contributed by atoms with Crippen molar-refractivity contribution >= 4 is 17.5 Å². The highest BCUT2D eigenvalue weighted by molar-refractivity contribution is 5.95. The topological polar surface area (TPSA) is 53.1 Å². The summed E-state index contributed by atoms with van der Waals surface area (Å²) in [6.07, 6.45) is 2.67. The van der Waals surface area contributed by atoms with Crippen molar-refractivity contribution in [2.75, 3.05) is 39.2 Å². The van der Waals surface area contributed by atoms with Crippen LogP contribution in [0.15, 0.2) is 18.2 Å². The minimum atomic E-state index is -0.0405. The van der Waals surface area contributed by atoms with Crippen molar-refractivity contribution in [1.29, 1.82) is 0 Å². The van der Waals surface area contributed by atoms with Gasteiger partial charge in [-0.15, -0.1) is 0 Å². The molecule has 0 spiro atoms. The Kier molecular flexibility index (Phi) is 5.63. The highest BCUT2D eigenvalue weighted by atomic mass is 16.5. The maximum atomic E-state index is 12.9. The number of fused-ring (bicyclic) bond motifs is 1. The van der Waals surface area contributed by atoms with Crippen LogP contribution in [0, 0.1) is 5.92 Å². The number of amides is 2. The summed E-state index contributed by atoms with van der Waals surface area (Å²) < 4.78 is 5.90. The van der Waals surface area contributed by atoms with Crippen LogP contribution < -0.4 is 9.64 Å². The standard InChI is InChI=1S/C21H31N3O3/c1-14(2)12-24(16-7-8-16)20(25)11-17-13-27-19-9-6-15(21(26)22(3)4)10-18(19)23(17)5/h6,9-10,14,16-17H,7-8,11-13H2,1-5H3/t17-/m1/s1. The number of anilines is 1. The molecule has 1 saturated carbocycles. The molecule has 148 valence electrons. The van der Waals surface area contributed by atoms with Gasteiger partial charge in [-0.3, -0.25) is 9.59 Å². The Hall–Kier alpha value is -2.24. The second-order valence-corrected chi connectivity index (χ2v) is 8.33. The molecule has 0 saturated heterocycles. The van der Waals surface area contributed by atoms with Gasteiger partial charge in [0, 0.05) is 39.3 Å². The van der Waals surface area contributed by atoms with Crippen molar-refractivity contribution < 1.29 is 14.3 Å². The number of rotatable bonds is 6. The van der Waals surface area contributed by atoms with E-state index in [0.29, 0.717) is 30.6 Å². The summed E-state index contributed by atoms with van der Waals surface area (Å²) in [6.45, 7) is 5.60. The third kappa shape index (κ3) is 4.37. The molecule has 0 bridgehead atoms. The molecule has 1 aliphatic carbocycles. The fourth-order valence-electron chi connectivity index (χ4n) is 3.55. The molecule has 6 nitrogen and oxygen atoms in total. The quantitative estimate of drug-likeness (QED) is 0.769. The zero-order valence-electron chi connectivity index (χ0n) is 17.1. The highest BCUT2D eigenvalue weighted by Crippen LogP contribution is 2.35. The largest absolute Gasteiger partial charge is 0.489 e. The monoisotopic (exact) mass is 373 g/mol. The van der Waals surface area contributed by atoms with Crippen molar-refractivity contribution in [3.8, 4) is 5.75 Å². The van der Waals surface area contributed by atoms with Crippen LogP contribution in [-0.2, 0) is 4.79 Å². The summed E-state index contributed by atoms with van der Waals surface area (Å²) in [4.78, 5) is 30.9. The van der Waals surface area contributed by atoms with Crippen molar-refractivity contribution in [1.82, 2.24) is 9.80 Å². The number of nitrogens with zero attached hydrogens (tertiary/aromatic N) is 3. The molecule has 2 amide bonds. The van der Waals surface area contributed by atoms with Crippen LogP contribution in [0.4, 0.5) is 5.69 Å². The molecule has 1 atom stereocenters. The maximum absolute atomic E-state index is 12.9. The van der Waals surface area contributed by atoms with E-state index in [2.05, 4.69) is 23.6 Å². The Bertz CT molecular complexity index is 713. The molecule has 0 N–H and O–H groups in total. The maximum Gasteiger partial charge on any atom is 0.253 e. The van der Waals surface area contributed by atoms with E-state index in [9.17, 15) is 9.59 Å². The number of likely N-dealkylation sites (N-methyl/N-ethyl adjacent to an activating group) is 1. The first-order valence-electron chi connectivity index (χ1n) is 9.78. The van der Waals surface area contributed by atoms with Gasteiger partial charge in [0.2, 0.25) is 5.91 Å². The van der Waals surface area contributed by atoms with E-state index >= 15 is 0 Å². The van der Waals surface area contributed by atoms with Crippen LogP contribution >= 0.6 is 0 Å². The van der Waals surface area contributed by atoms with Gasteiger partial charge in [0.1, 0.15) is 12.4 Å². The van der Waals surface area contributed by atoms with Crippen LogP contribution in [0.3, 0.4) is 0 Å². The minimum Gasteiger partial charge on any atom is -0.489 e. The van der Waals surface area contributed by atoms with Crippen molar-refractivity contribution in [2.45, 2.75) is 45.2 Å². The van der Waals surface area contributed by atoms with E-state index in [0.717, 1.165) is 30.8 Å². The zero-order valence-corrected chi connectivity index (χ0v) is 17.1. The molecule has 1 aromatic carbocycles. The highest BCUT2D eigenvalue weighted by Gasteiger charge is 2.35.